The van der Waals surface area contributed by atoms with E-state index < -0.39 is 6.10 Å². The third-order valence-electron chi connectivity index (χ3n) is 10.0. The maximum Gasteiger partial charge on any atom is 0.335 e. The van der Waals surface area contributed by atoms with E-state index in [0.29, 0.717) is 23.5 Å². The first-order chi connectivity index (χ1) is 13.8. The summed E-state index contributed by atoms with van der Waals surface area (Å²) in [5, 5.41) is 11.2. The minimum atomic E-state index is -0.565. The Kier molecular flexibility index (Phi) is 3.55. The highest BCUT2D eigenvalue weighted by Gasteiger charge is 2.83. The molecule has 4 aliphatic carbocycles. The number of hydrogen-bond acceptors (Lipinski definition) is 5. The predicted octanol–water partition coefficient (Wildman–Crippen LogP) is 3.44. The maximum atomic E-state index is 12.1. The lowest BCUT2D eigenvalue weighted by Gasteiger charge is -2.60. The minimum Gasteiger partial charge on any atom is -0.431 e. The van der Waals surface area contributed by atoms with E-state index in [0.717, 1.165) is 50.5 Å². The Morgan fingerprint density at radius 3 is 2.66 bits per heavy atom. The average molecular weight is 398 g/mol. The highest BCUT2D eigenvalue weighted by molar-refractivity contribution is 5.79. The molecular weight excluding hydrogens is 368 g/mol. The number of Topliss-reactive ketones (excluding diaryl/α,β-unsaturated/α-hetero) is 1. The summed E-state index contributed by atoms with van der Waals surface area (Å²) in [7, 11) is 0. The van der Waals surface area contributed by atoms with Crippen LogP contribution >= 0.6 is 0 Å². The van der Waals surface area contributed by atoms with Gasteiger partial charge < -0.3 is 14.3 Å². The summed E-state index contributed by atoms with van der Waals surface area (Å²) in [4.78, 5) is 23.6. The maximum absolute atomic E-state index is 12.1. The van der Waals surface area contributed by atoms with Crippen molar-refractivity contribution in [3.05, 3.63) is 34.4 Å². The number of carbonyl (C=O) groups excluding carboxylic acids is 1. The van der Waals surface area contributed by atoms with Crippen LogP contribution in [-0.2, 0) is 9.53 Å². The highest BCUT2D eigenvalue weighted by Crippen LogP contribution is 2.77. The van der Waals surface area contributed by atoms with Crippen LogP contribution in [0.15, 0.2) is 27.6 Å². The molecule has 1 N–H and O–H groups in total. The zero-order chi connectivity index (χ0) is 20.2. The van der Waals surface area contributed by atoms with Crippen LogP contribution in [0.4, 0.5) is 0 Å². The summed E-state index contributed by atoms with van der Waals surface area (Å²) in [6, 6.07) is 3.28. The molecule has 0 bridgehead atoms. The van der Waals surface area contributed by atoms with Crippen LogP contribution in [0.25, 0.3) is 0 Å². The molecule has 9 atom stereocenters. The van der Waals surface area contributed by atoms with Crippen LogP contribution < -0.4 is 5.63 Å². The molecule has 29 heavy (non-hydrogen) atoms. The summed E-state index contributed by atoms with van der Waals surface area (Å²) in [5.74, 6) is 1.88. The first-order valence-electron chi connectivity index (χ1n) is 11.3. The van der Waals surface area contributed by atoms with Crippen LogP contribution in [0.5, 0.6) is 0 Å². The van der Waals surface area contributed by atoms with Gasteiger partial charge in [-0.25, -0.2) is 4.79 Å². The van der Waals surface area contributed by atoms with Crippen molar-refractivity contribution in [3.8, 4) is 0 Å². The predicted molar refractivity (Wildman–Crippen MR) is 105 cm³/mol. The molecule has 5 heteroatoms. The molecule has 1 aromatic heterocycles. The Balaban J connectivity index is 1.39. The molecule has 0 aromatic carbocycles. The molecule has 156 valence electrons. The van der Waals surface area contributed by atoms with E-state index in [4.69, 9.17) is 9.15 Å². The molecule has 1 spiro atoms. The highest BCUT2D eigenvalue weighted by atomic mass is 16.6. The lowest BCUT2D eigenvalue weighted by molar-refractivity contribution is -0.146. The van der Waals surface area contributed by atoms with Crippen molar-refractivity contribution in [3.63, 3.8) is 0 Å². The molecule has 5 aliphatic rings. The zero-order valence-electron chi connectivity index (χ0n) is 17.2. The fourth-order valence-electron chi connectivity index (χ4n) is 8.62. The average Bonchev–Trinajstić information content (AvgIpc) is 3.40. The normalized spacial score (nSPS) is 52.9. The Labute approximate surface area is 170 Å². The molecule has 2 heterocycles. The van der Waals surface area contributed by atoms with Gasteiger partial charge in [0.05, 0.1) is 12.4 Å². The lowest BCUT2D eigenvalue weighted by atomic mass is 9.44. The molecule has 6 rings (SSSR count). The summed E-state index contributed by atoms with van der Waals surface area (Å²) >= 11 is 0. The van der Waals surface area contributed by atoms with Crippen molar-refractivity contribution in [1.29, 1.82) is 0 Å². The topological polar surface area (TPSA) is 80.0 Å². The van der Waals surface area contributed by atoms with Crippen molar-refractivity contribution in [2.75, 3.05) is 0 Å². The van der Waals surface area contributed by atoms with Gasteiger partial charge >= 0.3 is 5.63 Å². The third-order valence-corrected chi connectivity index (χ3v) is 10.0. The van der Waals surface area contributed by atoms with E-state index in [9.17, 15) is 14.7 Å². The molecule has 5 fully saturated rings. The smallest absolute Gasteiger partial charge is 0.335 e. The van der Waals surface area contributed by atoms with Gasteiger partial charge in [-0.1, -0.05) is 13.8 Å². The molecule has 5 nitrogen and oxygen atoms in total. The SMILES string of the molecule is C[C@]12CCC(=O)C[C@H]1CC[C@@H]1[C@@H]2CC[C@]2(C)[C@@H](c3ccc(=O)oc3)[C@@H](O)[C@H]3O[C@]132. The van der Waals surface area contributed by atoms with E-state index in [1.165, 1.54) is 12.3 Å². The number of aliphatic hydroxyl groups excluding tert-OH is 1. The van der Waals surface area contributed by atoms with Crippen molar-refractivity contribution < 1.29 is 19.1 Å². The van der Waals surface area contributed by atoms with Crippen LogP contribution in [0.3, 0.4) is 0 Å². The van der Waals surface area contributed by atoms with Crippen molar-refractivity contribution in [2.45, 2.75) is 82.5 Å². The summed E-state index contributed by atoms with van der Waals surface area (Å²) in [6.45, 7) is 4.71. The first-order valence-corrected chi connectivity index (χ1v) is 11.3. The standard InChI is InChI=1S/C24H30O5/c1-22-9-7-15(25)11-14(22)4-5-17-16(22)8-10-23(2)19(13-3-6-18(26)28-12-13)20(27)21-24(17,23)29-21/h3,6,12,14,16-17,19-21,27H,4-5,7-11H2,1-2H3/t14-,16+,17-,19+,20-,21-,22+,23-,24-/m1/s1. The van der Waals surface area contributed by atoms with Crippen LogP contribution in [-0.4, -0.2) is 28.7 Å². The number of ketones is 1. The van der Waals surface area contributed by atoms with Crippen molar-refractivity contribution >= 4 is 5.78 Å². The van der Waals surface area contributed by atoms with Crippen LogP contribution in [0.2, 0.25) is 0 Å². The molecule has 1 aromatic rings. The van der Waals surface area contributed by atoms with E-state index in [2.05, 4.69) is 13.8 Å². The van der Waals surface area contributed by atoms with Gasteiger partial charge in [0.25, 0.3) is 0 Å². The van der Waals surface area contributed by atoms with Gasteiger partial charge in [0.2, 0.25) is 0 Å². The Morgan fingerprint density at radius 2 is 1.90 bits per heavy atom. The van der Waals surface area contributed by atoms with Gasteiger partial charge in [-0.15, -0.1) is 0 Å². The first kappa shape index (κ1) is 18.3. The van der Waals surface area contributed by atoms with Gasteiger partial charge in [-0.3, -0.25) is 4.79 Å². The number of epoxide rings is 1. The van der Waals surface area contributed by atoms with Crippen molar-refractivity contribution in [1.82, 2.24) is 0 Å². The molecular formula is C24H30O5. The minimum absolute atomic E-state index is 0.0648. The molecule has 1 saturated heterocycles. The number of hydrogen-bond donors (Lipinski definition) is 1. The second-order valence-electron chi connectivity index (χ2n) is 10.9. The quantitative estimate of drug-likeness (QED) is 0.733. The van der Waals surface area contributed by atoms with E-state index >= 15 is 0 Å². The second-order valence-corrected chi connectivity index (χ2v) is 10.9. The summed E-state index contributed by atoms with van der Waals surface area (Å²) in [6.07, 6.45) is 7.64. The second kappa shape index (κ2) is 5.61. The zero-order valence-corrected chi connectivity index (χ0v) is 17.2. The largest absolute Gasteiger partial charge is 0.431 e. The monoisotopic (exact) mass is 398 g/mol. The molecule has 4 saturated carbocycles. The number of fused-ring (bicyclic) bond motifs is 3. The van der Waals surface area contributed by atoms with Gasteiger partial charge in [-0.05, 0) is 66.9 Å². The lowest BCUT2D eigenvalue weighted by Crippen LogP contribution is -2.58. The summed E-state index contributed by atoms with van der Waals surface area (Å²) < 4.78 is 11.6. The number of rotatable bonds is 1. The fourth-order valence-corrected chi connectivity index (χ4v) is 8.62. The van der Waals surface area contributed by atoms with E-state index in [-0.39, 0.29) is 34.1 Å². The number of carbonyl (C=O) groups is 1. The molecule has 0 unspecified atom stereocenters. The van der Waals surface area contributed by atoms with Gasteiger partial charge in [0, 0.05) is 30.2 Å². The van der Waals surface area contributed by atoms with Crippen LogP contribution in [0.1, 0.15) is 70.3 Å². The fraction of sp³-hybridized carbons (Fsp3) is 0.750. The van der Waals surface area contributed by atoms with Crippen molar-refractivity contribution in [2.24, 2.45) is 28.6 Å². The molecule has 1 aliphatic heterocycles. The Bertz CT molecular complexity index is 917. The van der Waals surface area contributed by atoms with E-state index in [1.807, 2.05) is 6.07 Å². The molecule has 0 amide bonds. The van der Waals surface area contributed by atoms with E-state index in [1.54, 1.807) is 0 Å². The van der Waals surface area contributed by atoms with Gasteiger partial charge in [0.1, 0.15) is 17.5 Å². The van der Waals surface area contributed by atoms with Gasteiger partial charge in [-0.2, -0.15) is 0 Å². The Morgan fingerprint density at radius 1 is 1.07 bits per heavy atom. The van der Waals surface area contributed by atoms with Gasteiger partial charge in [0.15, 0.2) is 0 Å². The number of aliphatic hydroxyl groups is 1. The number of ether oxygens (including phenoxy) is 1. The third kappa shape index (κ3) is 2.09. The Hall–Kier alpha value is -1.46. The van der Waals surface area contributed by atoms with Crippen LogP contribution in [0, 0.1) is 28.6 Å². The molecule has 0 radical (unpaired) electrons. The summed E-state index contributed by atoms with van der Waals surface area (Å²) in [5.41, 5.74) is 0.337.